The Morgan fingerprint density at radius 1 is 1.53 bits per heavy atom. The Labute approximate surface area is 98.4 Å². The zero-order chi connectivity index (χ0) is 11.6. The molecule has 2 unspecified atom stereocenters. The average molecular weight is 275 g/mol. The van der Waals surface area contributed by atoms with Crippen LogP contribution >= 0.6 is 15.9 Å². The number of halogens is 2. The smallest absolute Gasteiger partial charge is 0.143 e. The van der Waals surface area contributed by atoms with Crippen molar-refractivity contribution in [2.24, 2.45) is 5.92 Å². The van der Waals surface area contributed by atoms with Crippen molar-refractivity contribution in [1.82, 2.24) is 0 Å². The molecule has 0 amide bonds. The predicted octanol–water partition coefficient (Wildman–Crippen LogP) is 3.84. The van der Waals surface area contributed by atoms with Crippen LogP contribution in [0.5, 0.6) is 0 Å². The molecule has 0 spiro atoms. The fraction of sp³-hybridized carbons (Fsp3) is 0.500. The second kappa shape index (κ2) is 4.62. The third-order valence-electron chi connectivity index (χ3n) is 3.07. The minimum Gasteiger partial charge on any atom is -0.385 e. The number of benzene rings is 1. The van der Waals surface area contributed by atoms with E-state index in [1.807, 2.05) is 13.8 Å². The van der Waals surface area contributed by atoms with E-state index < -0.39 is 5.60 Å². The minimum absolute atomic E-state index is 0.0151. The molecular weight excluding hydrogens is 259 g/mol. The Morgan fingerprint density at radius 3 is 2.67 bits per heavy atom. The van der Waals surface area contributed by atoms with Crippen LogP contribution in [0, 0.1) is 11.7 Å². The second-order valence-corrected chi connectivity index (χ2v) is 4.91. The second-order valence-electron chi connectivity index (χ2n) is 4.06. The van der Waals surface area contributed by atoms with Crippen LogP contribution in [0.3, 0.4) is 0 Å². The van der Waals surface area contributed by atoms with Crippen LogP contribution in [0.2, 0.25) is 0 Å². The number of hydrogen-bond acceptors (Lipinski definition) is 1. The first-order valence-electron chi connectivity index (χ1n) is 5.08. The lowest BCUT2D eigenvalue weighted by atomic mass is 9.82. The van der Waals surface area contributed by atoms with E-state index in [2.05, 4.69) is 15.9 Å². The minimum atomic E-state index is -1.12. The highest BCUT2D eigenvalue weighted by molar-refractivity contribution is 9.10. The van der Waals surface area contributed by atoms with Gasteiger partial charge in [-0.1, -0.05) is 32.4 Å². The Bertz CT molecular complexity index is 349. The van der Waals surface area contributed by atoms with E-state index in [9.17, 15) is 9.50 Å². The summed E-state index contributed by atoms with van der Waals surface area (Å²) < 4.78 is 14.2. The summed E-state index contributed by atoms with van der Waals surface area (Å²) in [4.78, 5) is 0. The first-order chi connectivity index (χ1) is 6.91. The standard InChI is InChI=1S/C12H16BrFO/c1-4-8(2)12(3,15)9-6-5-7-10(13)11(9)14/h5-8,15H,4H2,1-3H3. The molecule has 0 radical (unpaired) electrons. The van der Waals surface area contributed by atoms with Crippen molar-refractivity contribution in [3.63, 3.8) is 0 Å². The Hall–Kier alpha value is -0.410. The van der Waals surface area contributed by atoms with Gasteiger partial charge in [-0.3, -0.25) is 0 Å². The molecule has 3 heteroatoms. The lowest BCUT2D eigenvalue weighted by molar-refractivity contribution is -0.00324. The van der Waals surface area contributed by atoms with Gasteiger partial charge in [0.15, 0.2) is 0 Å². The highest BCUT2D eigenvalue weighted by atomic mass is 79.9. The van der Waals surface area contributed by atoms with Gasteiger partial charge < -0.3 is 5.11 Å². The summed E-state index contributed by atoms with van der Waals surface area (Å²) in [5.41, 5.74) is -0.769. The van der Waals surface area contributed by atoms with Gasteiger partial charge in [-0.25, -0.2) is 4.39 Å². The summed E-state index contributed by atoms with van der Waals surface area (Å²) in [6.07, 6.45) is 0.805. The van der Waals surface area contributed by atoms with Crippen molar-refractivity contribution in [3.05, 3.63) is 34.1 Å². The molecule has 1 rings (SSSR count). The van der Waals surface area contributed by atoms with Gasteiger partial charge in [0.05, 0.1) is 10.1 Å². The molecule has 0 saturated heterocycles. The summed E-state index contributed by atoms with van der Waals surface area (Å²) >= 11 is 3.12. The van der Waals surface area contributed by atoms with Gasteiger partial charge in [0.2, 0.25) is 0 Å². The average Bonchev–Trinajstić information content (AvgIpc) is 2.20. The molecule has 0 aliphatic rings. The molecule has 0 aliphatic heterocycles. The number of hydrogen-bond donors (Lipinski definition) is 1. The van der Waals surface area contributed by atoms with E-state index in [0.29, 0.717) is 10.0 Å². The van der Waals surface area contributed by atoms with E-state index in [4.69, 9.17) is 0 Å². The molecule has 1 N–H and O–H groups in total. The summed E-state index contributed by atoms with van der Waals surface area (Å²) in [6, 6.07) is 5.00. The molecule has 15 heavy (non-hydrogen) atoms. The maximum absolute atomic E-state index is 13.8. The van der Waals surface area contributed by atoms with E-state index in [0.717, 1.165) is 6.42 Å². The molecule has 0 aromatic heterocycles. The van der Waals surface area contributed by atoms with Gasteiger partial charge in [-0.2, -0.15) is 0 Å². The quantitative estimate of drug-likeness (QED) is 0.888. The van der Waals surface area contributed by atoms with Crippen molar-refractivity contribution in [1.29, 1.82) is 0 Å². The van der Waals surface area contributed by atoms with E-state index >= 15 is 0 Å². The molecule has 0 fully saturated rings. The van der Waals surface area contributed by atoms with Crippen molar-refractivity contribution in [2.75, 3.05) is 0 Å². The van der Waals surface area contributed by atoms with Gasteiger partial charge in [-0.15, -0.1) is 0 Å². The van der Waals surface area contributed by atoms with Gasteiger partial charge in [0.25, 0.3) is 0 Å². The Morgan fingerprint density at radius 2 is 2.13 bits per heavy atom. The lowest BCUT2D eigenvalue weighted by Gasteiger charge is -2.30. The van der Waals surface area contributed by atoms with Gasteiger partial charge >= 0.3 is 0 Å². The third kappa shape index (κ3) is 2.40. The van der Waals surface area contributed by atoms with Gasteiger partial charge in [0, 0.05) is 5.56 Å². The lowest BCUT2D eigenvalue weighted by Crippen LogP contribution is -2.30. The summed E-state index contributed by atoms with van der Waals surface area (Å²) in [5, 5.41) is 10.3. The zero-order valence-electron chi connectivity index (χ0n) is 9.22. The Kier molecular flexibility index (Phi) is 3.90. The van der Waals surface area contributed by atoms with Crippen LogP contribution < -0.4 is 0 Å². The predicted molar refractivity (Wildman–Crippen MR) is 63.1 cm³/mol. The monoisotopic (exact) mass is 274 g/mol. The first-order valence-corrected chi connectivity index (χ1v) is 5.87. The first kappa shape index (κ1) is 12.7. The molecule has 0 heterocycles. The molecule has 1 aromatic rings. The topological polar surface area (TPSA) is 20.2 Å². The molecule has 0 bridgehead atoms. The van der Waals surface area contributed by atoms with Crippen LogP contribution in [0.25, 0.3) is 0 Å². The molecule has 1 aromatic carbocycles. The van der Waals surface area contributed by atoms with Gasteiger partial charge in [-0.05, 0) is 34.8 Å². The van der Waals surface area contributed by atoms with Crippen LogP contribution in [0.15, 0.2) is 22.7 Å². The maximum Gasteiger partial charge on any atom is 0.143 e. The summed E-state index contributed by atoms with van der Waals surface area (Å²) in [7, 11) is 0. The fourth-order valence-corrected chi connectivity index (χ4v) is 1.92. The Balaban J connectivity index is 3.20. The normalized spacial score (nSPS) is 17.2. The number of aliphatic hydroxyl groups is 1. The fourth-order valence-electron chi connectivity index (χ4n) is 1.56. The maximum atomic E-state index is 13.8. The van der Waals surface area contributed by atoms with Crippen molar-refractivity contribution in [3.8, 4) is 0 Å². The summed E-state index contributed by atoms with van der Waals surface area (Å²) in [6.45, 7) is 5.56. The molecule has 2 atom stereocenters. The van der Waals surface area contributed by atoms with E-state index in [-0.39, 0.29) is 11.7 Å². The van der Waals surface area contributed by atoms with E-state index in [1.165, 1.54) is 0 Å². The van der Waals surface area contributed by atoms with E-state index in [1.54, 1.807) is 25.1 Å². The third-order valence-corrected chi connectivity index (χ3v) is 3.68. The molecule has 84 valence electrons. The molecule has 1 nitrogen and oxygen atoms in total. The SMILES string of the molecule is CCC(C)C(C)(O)c1cccc(Br)c1F. The molecule has 0 saturated carbocycles. The van der Waals surface area contributed by atoms with Crippen LogP contribution in [0.4, 0.5) is 4.39 Å². The highest BCUT2D eigenvalue weighted by Gasteiger charge is 2.32. The largest absolute Gasteiger partial charge is 0.385 e. The van der Waals surface area contributed by atoms with Crippen molar-refractivity contribution < 1.29 is 9.50 Å². The van der Waals surface area contributed by atoms with Crippen molar-refractivity contribution >= 4 is 15.9 Å². The highest BCUT2D eigenvalue weighted by Crippen LogP contribution is 2.34. The van der Waals surface area contributed by atoms with Crippen LogP contribution in [-0.2, 0) is 5.60 Å². The van der Waals surface area contributed by atoms with Crippen LogP contribution in [0.1, 0.15) is 32.8 Å². The molecule has 0 aliphatic carbocycles. The zero-order valence-corrected chi connectivity index (χ0v) is 10.8. The summed E-state index contributed by atoms with van der Waals surface area (Å²) in [5.74, 6) is -0.357. The number of rotatable bonds is 3. The van der Waals surface area contributed by atoms with Crippen molar-refractivity contribution in [2.45, 2.75) is 32.8 Å². The molecular formula is C12H16BrFO. The van der Waals surface area contributed by atoms with Gasteiger partial charge in [0.1, 0.15) is 5.82 Å². The van der Waals surface area contributed by atoms with Crippen LogP contribution in [-0.4, -0.2) is 5.11 Å².